The lowest BCUT2D eigenvalue weighted by Gasteiger charge is -2.08. The number of anilines is 1. The number of hydrogen-bond donors (Lipinski definition) is 1. The van der Waals surface area contributed by atoms with Gasteiger partial charge in [-0.15, -0.1) is 0 Å². The zero-order chi connectivity index (χ0) is 14.2. The predicted molar refractivity (Wildman–Crippen MR) is 63.3 cm³/mol. The lowest BCUT2D eigenvalue weighted by molar-refractivity contribution is 0.450. The van der Waals surface area contributed by atoms with Gasteiger partial charge in [0.05, 0.1) is 0 Å². The molecule has 5 heteroatoms. The molecule has 0 amide bonds. The Morgan fingerprint density at radius 3 is 1.24 bits per heavy atom. The molecule has 1 aromatic carbocycles. The molecular formula is C12H19F4N. The first kappa shape index (κ1) is 18.1. The van der Waals surface area contributed by atoms with Crippen molar-refractivity contribution in [2.24, 2.45) is 0 Å². The average molecular weight is 253 g/mol. The lowest BCUT2D eigenvalue weighted by atomic mass is 10.1. The number of rotatable bonds is 1. The number of benzene rings is 1. The highest BCUT2D eigenvalue weighted by Gasteiger charge is 2.21. The summed E-state index contributed by atoms with van der Waals surface area (Å²) in [7, 11) is 1.18. The van der Waals surface area contributed by atoms with Crippen LogP contribution < -0.4 is 5.32 Å². The fraction of sp³-hybridized carbons (Fsp3) is 0.500. The first-order valence-electron chi connectivity index (χ1n) is 5.51. The van der Waals surface area contributed by atoms with Crippen LogP contribution in [-0.2, 0) is 0 Å². The van der Waals surface area contributed by atoms with Crippen LogP contribution in [0.2, 0.25) is 0 Å². The summed E-state index contributed by atoms with van der Waals surface area (Å²) in [5, 5.41) is 2.04. The van der Waals surface area contributed by atoms with E-state index in [1.54, 1.807) is 0 Å². The van der Waals surface area contributed by atoms with Gasteiger partial charge in [0, 0.05) is 12.6 Å². The summed E-state index contributed by atoms with van der Waals surface area (Å²) in [6, 6.07) is 0. The molecule has 0 aliphatic heterocycles. The smallest absolute Gasteiger partial charge is 0.185 e. The molecule has 0 saturated heterocycles. The van der Waals surface area contributed by atoms with Crippen molar-refractivity contribution in [2.75, 3.05) is 12.4 Å². The van der Waals surface area contributed by atoms with E-state index < -0.39 is 34.5 Å². The van der Waals surface area contributed by atoms with Gasteiger partial charge in [-0.3, -0.25) is 0 Å². The Morgan fingerprint density at radius 2 is 1.00 bits per heavy atom. The Morgan fingerprint density at radius 1 is 0.706 bits per heavy atom. The van der Waals surface area contributed by atoms with Crippen molar-refractivity contribution in [3.63, 3.8) is 0 Å². The Kier molecular flexibility index (Phi) is 9.42. The van der Waals surface area contributed by atoms with Gasteiger partial charge in [0.2, 0.25) is 0 Å². The van der Waals surface area contributed by atoms with Crippen LogP contribution >= 0.6 is 0 Å². The van der Waals surface area contributed by atoms with Crippen molar-refractivity contribution in [3.05, 3.63) is 28.8 Å². The Balaban J connectivity index is 0. The highest BCUT2D eigenvalue weighted by Crippen LogP contribution is 2.26. The molecule has 1 aromatic rings. The van der Waals surface area contributed by atoms with Crippen LogP contribution in [0.1, 0.15) is 33.3 Å². The van der Waals surface area contributed by atoms with Crippen LogP contribution in [0.25, 0.3) is 0 Å². The van der Waals surface area contributed by atoms with E-state index in [9.17, 15) is 17.6 Å². The van der Waals surface area contributed by atoms with E-state index in [-0.39, 0.29) is 0 Å². The van der Waals surface area contributed by atoms with E-state index in [2.05, 4.69) is 0 Å². The van der Waals surface area contributed by atoms with Crippen LogP contribution in [0.3, 0.4) is 0 Å². The van der Waals surface area contributed by atoms with Gasteiger partial charge in [-0.2, -0.15) is 0 Å². The molecule has 100 valence electrons. The maximum atomic E-state index is 12.9. The SMILES string of the molecule is CC.CC.CNc1c(F)c(F)c(C)c(F)c1F. The third-order valence-electron chi connectivity index (χ3n) is 1.73. The van der Waals surface area contributed by atoms with Crippen LogP contribution in [0.5, 0.6) is 0 Å². The summed E-state index contributed by atoms with van der Waals surface area (Å²) in [6.07, 6.45) is 0. The standard InChI is InChI=1S/C8H7F4N.2C2H6/c1-3-4(9)6(11)8(13-2)7(12)5(3)10;2*1-2/h13H,1-2H3;2*1-2H3. The molecule has 0 saturated carbocycles. The third-order valence-corrected chi connectivity index (χ3v) is 1.73. The summed E-state index contributed by atoms with van der Waals surface area (Å²) in [4.78, 5) is 0. The minimum atomic E-state index is -1.40. The first-order valence-corrected chi connectivity index (χ1v) is 5.51. The molecule has 0 aromatic heterocycles. The first-order chi connectivity index (χ1) is 8.00. The molecule has 1 nitrogen and oxygen atoms in total. The number of hydrogen-bond acceptors (Lipinski definition) is 1. The zero-order valence-corrected chi connectivity index (χ0v) is 11.0. The molecule has 0 radical (unpaired) electrons. The van der Waals surface area contributed by atoms with E-state index in [4.69, 9.17) is 0 Å². The lowest BCUT2D eigenvalue weighted by Crippen LogP contribution is -2.05. The molecule has 0 aliphatic carbocycles. The van der Waals surface area contributed by atoms with Crippen molar-refractivity contribution >= 4 is 5.69 Å². The second-order valence-electron chi connectivity index (χ2n) is 2.51. The van der Waals surface area contributed by atoms with Gasteiger partial charge in [-0.05, 0) is 6.92 Å². The van der Waals surface area contributed by atoms with E-state index >= 15 is 0 Å². The molecule has 0 heterocycles. The monoisotopic (exact) mass is 253 g/mol. The highest BCUT2D eigenvalue weighted by atomic mass is 19.2. The second kappa shape index (κ2) is 8.84. The summed E-state index contributed by atoms with van der Waals surface area (Å²) >= 11 is 0. The molecule has 1 rings (SSSR count). The third kappa shape index (κ3) is 3.91. The van der Waals surface area contributed by atoms with Gasteiger partial charge >= 0.3 is 0 Å². The average Bonchev–Trinajstić information content (AvgIpc) is 2.39. The predicted octanol–water partition coefficient (Wildman–Crippen LogP) is 4.65. The molecule has 17 heavy (non-hydrogen) atoms. The topological polar surface area (TPSA) is 12.0 Å². The van der Waals surface area contributed by atoms with Crippen molar-refractivity contribution in [1.29, 1.82) is 0 Å². The molecule has 0 spiro atoms. The Hall–Kier alpha value is -1.26. The van der Waals surface area contributed by atoms with E-state index in [1.165, 1.54) is 7.05 Å². The van der Waals surface area contributed by atoms with Gasteiger partial charge in [-0.25, -0.2) is 17.6 Å². The fourth-order valence-corrected chi connectivity index (χ4v) is 0.961. The summed E-state index contributed by atoms with van der Waals surface area (Å²) in [5.74, 6) is -5.55. The number of nitrogens with one attached hydrogen (secondary N) is 1. The maximum Gasteiger partial charge on any atom is 0.185 e. The van der Waals surface area contributed by atoms with Gasteiger partial charge in [0.15, 0.2) is 23.3 Å². The Bertz CT molecular complexity index is 322. The summed E-state index contributed by atoms with van der Waals surface area (Å²) in [5.41, 5.74) is -1.45. The molecule has 0 atom stereocenters. The molecule has 1 N–H and O–H groups in total. The van der Waals surface area contributed by atoms with E-state index in [0.29, 0.717) is 0 Å². The fourth-order valence-electron chi connectivity index (χ4n) is 0.961. The highest BCUT2D eigenvalue weighted by molar-refractivity contribution is 5.48. The van der Waals surface area contributed by atoms with Gasteiger partial charge < -0.3 is 5.32 Å². The molecule has 0 aliphatic rings. The van der Waals surface area contributed by atoms with Crippen LogP contribution in [0.4, 0.5) is 23.2 Å². The van der Waals surface area contributed by atoms with E-state index in [1.807, 2.05) is 33.0 Å². The molecule has 0 unspecified atom stereocenters. The maximum absolute atomic E-state index is 12.9. The zero-order valence-electron chi connectivity index (χ0n) is 11.0. The number of halogens is 4. The van der Waals surface area contributed by atoms with Gasteiger partial charge in [0.1, 0.15) is 5.69 Å². The van der Waals surface area contributed by atoms with Crippen molar-refractivity contribution in [3.8, 4) is 0 Å². The Labute approximate surface area is 99.8 Å². The van der Waals surface area contributed by atoms with Gasteiger partial charge in [-0.1, -0.05) is 27.7 Å². The van der Waals surface area contributed by atoms with Crippen LogP contribution in [0.15, 0.2) is 0 Å². The second-order valence-corrected chi connectivity index (χ2v) is 2.51. The molecule has 0 fully saturated rings. The van der Waals surface area contributed by atoms with Gasteiger partial charge in [0.25, 0.3) is 0 Å². The normalized spacial score (nSPS) is 8.59. The van der Waals surface area contributed by atoms with Crippen LogP contribution in [0, 0.1) is 30.2 Å². The summed E-state index contributed by atoms with van der Waals surface area (Å²) in [6.45, 7) is 8.97. The quantitative estimate of drug-likeness (QED) is 0.567. The van der Waals surface area contributed by atoms with Crippen LogP contribution in [-0.4, -0.2) is 7.05 Å². The van der Waals surface area contributed by atoms with Crippen molar-refractivity contribution in [2.45, 2.75) is 34.6 Å². The van der Waals surface area contributed by atoms with Crippen molar-refractivity contribution < 1.29 is 17.6 Å². The summed E-state index contributed by atoms with van der Waals surface area (Å²) < 4.78 is 51.3. The largest absolute Gasteiger partial charge is 0.383 e. The minimum Gasteiger partial charge on any atom is -0.383 e. The minimum absolute atomic E-state index is 0.658. The van der Waals surface area contributed by atoms with E-state index in [0.717, 1.165) is 6.92 Å². The van der Waals surface area contributed by atoms with Crippen molar-refractivity contribution in [1.82, 2.24) is 0 Å². The molecular weight excluding hydrogens is 234 g/mol. The molecule has 0 bridgehead atoms.